The zero-order valence-corrected chi connectivity index (χ0v) is 13.8. The maximum atomic E-state index is 12.0. The van der Waals surface area contributed by atoms with Crippen LogP contribution in [-0.4, -0.2) is 12.5 Å². The van der Waals surface area contributed by atoms with Gasteiger partial charge in [0.05, 0.1) is 0 Å². The highest BCUT2D eigenvalue weighted by Crippen LogP contribution is 2.21. The van der Waals surface area contributed by atoms with E-state index in [9.17, 15) is 4.79 Å². The number of nitrogens with one attached hydrogen (secondary N) is 1. The summed E-state index contributed by atoms with van der Waals surface area (Å²) in [6, 6.07) is 13.1. The van der Waals surface area contributed by atoms with Gasteiger partial charge in [0.15, 0.2) is 6.61 Å². The van der Waals surface area contributed by atoms with Gasteiger partial charge in [0, 0.05) is 10.7 Å². The Balaban J connectivity index is 1.94. The van der Waals surface area contributed by atoms with Crippen LogP contribution in [0.4, 0.5) is 5.69 Å². The van der Waals surface area contributed by atoms with E-state index in [-0.39, 0.29) is 12.5 Å². The molecule has 0 spiro atoms. The van der Waals surface area contributed by atoms with Crippen LogP contribution in [0.2, 0.25) is 5.02 Å². The third-order valence-electron chi connectivity index (χ3n) is 3.36. The normalized spacial score (nSPS) is 10.6. The SMILES string of the molecule is Cc1cc(Cl)ccc1NC(=O)COc1cccc(C(C)C)c1. The van der Waals surface area contributed by atoms with Crippen molar-refractivity contribution in [3.05, 3.63) is 58.6 Å². The van der Waals surface area contributed by atoms with Gasteiger partial charge in [0.25, 0.3) is 5.91 Å². The summed E-state index contributed by atoms with van der Waals surface area (Å²) >= 11 is 5.90. The van der Waals surface area contributed by atoms with Gasteiger partial charge in [-0.25, -0.2) is 0 Å². The van der Waals surface area contributed by atoms with Crippen LogP contribution in [0.15, 0.2) is 42.5 Å². The van der Waals surface area contributed by atoms with E-state index in [0.29, 0.717) is 16.7 Å². The summed E-state index contributed by atoms with van der Waals surface area (Å²) in [6.45, 7) is 6.11. The van der Waals surface area contributed by atoms with Crippen molar-refractivity contribution in [2.45, 2.75) is 26.7 Å². The molecule has 2 aromatic rings. The molecule has 22 heavy (non-hydrogen) atoms. The Hall–Kier alpha value is -2.00. The minimum Gasteiger partial charge on any atom is -0.484 e. The molecule has 0 saturated heterocycles. The number of anilines is 1. The number of aryl methyl sites for hydroxylation is 1. The number of carbonyl (C=O) groups is 1. The monoisotopic (exact) mass is 317 g/mol. The fourth-order valence-electron chi connectivity index (χ4n) is 2.07. The lowest BCUT2D eigenvalue weighted by molar-refractivity contribution is -0.118. The van der Waals surface area contributed by atoms with E-state index < -0.39 is 0 Å². The molecule has 1 amide bonds. The second kappa shape index (κ2) is 7.32. The number of benzene rings is 2. The summed E-state index contributed by atoms with van der Waals surface area (Å²) in [7, 11) is 0. The Morgan fingerprint density at radius 3 is 2.68 bits per heavy atom. The predicted octanol–water partition coefficient (Wildman–Crippen LogP) is 4.79. The maximum absolute atomic E-state index is 12.0. The number of hydrogen-bond acceptors (Lipinski definition) is 2. The minimum atomic E-state index is -0.194. The second-order valence-corrected chi connectivity index (χ2v) is 5.96. The number of ether oxygens (including phenoxy) is 1. The third-order valence-corrected chi connectivity index (χ3v) is 3.59. The Morgan fingerprint density at radius 1 is 1.23 bits per heavy atom. The quantitative estimate of drug-likeness (QED) is 0.861. The summed E-state index contributed by atoms with van der Waals surface area (Å²) in [5.74, 6) is 0.934. The zero-order valence-electron chi connectivity index (χ0n) is 13.0. The van der Waals surface area contributed by atoms with Crippen molar-refractivity contribution in [3.8, 4) is 5.75 Å². The largest absolute Gasteiger partial charge is 0.484 e. The van der Waals surface area contributed by atoms with Crippen molar-refractivity contribution in [1.82, 2.24) is 0 Å². The summed E-state index contributed by atoms with van der Waals surface area (Å²) in [6.07, 6.45) is 0. The van der Waals surface area contributed by atoms with Gasteiger partial charge < -0.3 is 10.1 Å². The smallest absolute Gasteiger partial charge is 0.262 e. The molecule has 0 heterocycles. The fourth-order valence-corrected chi connectivity index (χ4v) is 2.29. The molecule has 4 heteroatoms. The Bertz CT molecular complexity index is 668. The standard InChI is InChI=1S/C18H20ClNO2/c1-12(2)14-5-4-6-16(10-14)22-11-18(21)20-17-8-7-15(19)9-13(17)3/h4-10,12H,11H2,1-3H3,(H,20,21). The second-order valence-electron chi connectivity index (χ2n) is 5.52. The summed E-state index contributed by atoms with van der Waals surface area (Å²) in [5.41, 5.74) is 2.85. The number of amides is 1. The third kappa shape index (κ3) is 4.50. The maximum Gasteiger partial charge on any atom is 0.262 e. The molecule has 0 aliphatic rings. The first-order chi connectivity index (χ1) is 10.5. The Morgan fingerprint density at radius 2 is 2.00 bits per heavy atom. The first-order valence-corrected chi connectivity index (χ1v) is 7.62. The summed E-state index contributed by atoms with van der Waals surface area (Å²) in [4.78, 5) is 12.0. The van der Waals surface area contributed by atoms with Crippen molar-refractivity contribution in [3.63, 3.8) is 0 Å². The van der Waals surface area contributed by atoms with Crippen molar-refractivity contribution >= 4 is 23.2 Å². The predicted molar refractivity (Wildman–Crippen MR) is 90.8 cm³/mol. The highest BCUT2D eigenvalue weighted by molar-refractivity contribution is 6.30. The highest BCUT2D eigenvalue weighted by atomic mass is 35.5. The molecule has 0 aromatic heterocycles. The molecule has 0 radical (unpaired) electrons. The van der Waals surface area contributed by atoms with Crippen molar-refractivity contribution < 1.29 is 9.53 Å². The lowest BCUT2D eigenvalue weighted by atomic mass is 10.0. The van der Waals surface area contributed by atoms with Crippen LogP contribution in [0.5, 0.6) is 5.75 Å². The molecule has 0 bridgehead atoms. The minimum absolute atomic E-state index is 0.0242. The van der Waals surface area contributed by atoms with E-state index in [4.69, 9.17) is 16.3 Å². The Labute approximate surface area is 136 Å². The van der Waals surface area contributed by atoms with Crippen LogP contribution in [0.25, 0.3) is 0 Å². The van der Waals surface area contributed by atoms with Crippen molar-refractivity contribution in [2.75, 3.05) is 11.9 Å². The molecule has 0 aliphatic heterocycles. The number of halogens is 1. The molecule has 2 aromatic carbocycles. The average Bonchev–Trinajstić information content (AvgIpc) is 2.48. The molecule has 2 rings (SSSR count). The van der Waals surface area contributed by atoms with Gasteiger partial charge in [-0.15, -0.1) is 0 Å². The molecular weight excluding hydrogens is 298 g/mol. The summed E-state index contributed by atoms with van der Waals surface area (Å²) < 4.78 is 5.56. The van der Waals surface area contributed by atoms with Gasteiger partial charge >= 0.3 is 0 Å². The van der Waals surface area contributed by atoms with Gasteiger partial charge in [-0.3, -0.25) is 4.79 Å². The van der Waals surface area contributed by atoms with Crippen LogP contribution in [0, 0.1) is 6.92 Å². The van der Waals surface area contributed by atoms with Gasteiger partial charge in [-0.2, -0.15) is 0 Å². The van der Waals surface area contributed by atoms with Crippen LogP contribution in [0.3, 0.4) is 0 Å². The molecule has 116 valence electrons. The van der Waals surface area contributed by atoms with Crippen LogP contribution in [0.1, 0.15) is 30.9 Å². The molecule has 0 atom stereocenters. The lowest BCUT2D eigenvalue weighted by Crippen LogP contribution is -2.20. The van der Waals surface area contributed by atoms with Crippen LogP contribution >= 0.6 is 11.6 Å². The Kier molecular flexibility index (Phi) is 5.45. The molecule has 0 fully saturated rings. The first kappa shape index (κ1) is 16.4. The zero-order chi connectivity index (χ0) is 16.1. The van der Waals surface area contributed by atoms with E-state index in [0.717, 1.165) is 11.3 Å². The molecule has 0 aliphatic carbocycles. The molecular formula is C18H20ClNO2. The van der Waals surface area contributed by atoms with E-state index in [1.807, 2.05) is 31.2 Å². The average molecular weight is 318 g/mol. The van der Waals surface area contributed by atoms with E-state index in [1.54, 1.807) is 12.1 Å². The molecule has 0 unspecified atom stereocenters. The van der Waals surface area contributed by atoms with Crippen LogP contribution in [-0.2, 0) is 4.79 Å². The lowest BCUT2D eigenvalue weighted by Gasteiger charge is -2.11. The molecule has 3 nitrogen and oxygen atoms in total. The van der Waals surface area contributed by atoms with E-state index >= 15 is 0 Å². The van der Waals surface area contributed by atoms with Crippen LogP contribution < -0.4 is 10.1 Å². The molecule has 0 saturated carbocycles. The van der Waals surface area contributed by atoms with Gasteiger partial charge in [-0.1, -0.05) is 37.6 Å². The van der Waals surface area contributed by atoms with Gasteiger partial charge in [-0.05, 0) is 54.3 Å². The molecule has 1 N–H and O–H groups in total. The van der Waals surface area contributed by atoms with E-state index in [2.05, 4.69) is 25.2 Å². The number of hydrogen-bond donors (Lipinski definition) is 1. The number of carbonyl (C=O) groups excluding carboxylic acids is 1. The topological polar surface area (TPSA) is 38.3 Å². The van der Waals surface area contributed by atoms with Crippen molar-refractivity contribution in [2.24, 2.45) is 0 Å². The fraction of sp³-hybridized carbons (Fsp3) is 0.278. The number of rotatable bonds is 5. The van der Waals surface area contributed by atoms with Gasteiger partial charge in [0.2, 0.25) is 0 Å². The summed E-state index contributed by atoms with van der Waals surface area (Å²) in [5, 5.41) is 3.47. The van der Waals surface area contributed by atoms with Crippen molar-refractivity contribution in [1.29, 1.82) is 0 Å². The highest BCUT2D eigenvalue weighted by Gasteiger charge is 2.07. The van der Waals surface area contributed by atoms with Gasteiger partial charge in [0.1, 0.15) is 5.75 Å². The van der Waals surface area contributed by atoms with E-state index in [1.165, 1.54) is 5.56 Å². The first-order valence-electron chi connectivity index (χ1n) is 7.24.